The maximum Gasteiger partial charge on any atom is 0.416 e. The number of rotatable bonds is 9. The van der Waals surface area contributed by atoms with Gasteiger partial charge in [0.15, 0.2) is 0 Å². The van der Waals surface area contributed by atoms with Crippen LogP contribution in [0.15, 0.2) is 77.7 Å². The molecule has 0 bridgehead atoms. The van der Waals surface area contributed by atoms with Crippen LogP contribution in [-0.4, -0.2) is 27.0 Å². The Hall–Kier alpha value is -3.37. The van der Waals surface area contributed by atoms with Crippen LogP contribution in [0.3, 0.4) is 0 Å². The zero-order chi connectivity index (χ0) is 25.6. The van der Waals surface area contributed by atoms with E-state index in [1.54, 1.807) is 37.3 Å². The fourth-order valence-electron chi connectivity index (χ4n) is 3.40. The highest BCUT2D eigenvalue weighted by Crippen LogP contribution is 2.30. The highest BCUT2D eigenvalue weighted by molar-refractivity contribution is 7.89. The van der Waals surface area contributed by atoms with E-state index in [1.165, 1.54) is 24.3 Å². The first kappa shape index (κ1) is 26.2. The predicted octanol–water partition coefficient (Wildman–Crippen LogP) is 4.94. The van der Waals surface area contributed by atoms with Gasteiger partial charge in [-0.2, -0.15) is 17.9 Å². The minimum absolute atomic E-state index is 0.0130. The normalized spacial score (nSPS) is 12.7. The lowest BCUT2D eigenvalue weighted by atomic mass is 10.1. The van der Waals surface area contributed by atoms with Crippen LogP contribution in [0.25, 0.3) is 0 Å². The van der Waals surface area contributed by atoms with E-state index in [-0.39, 0.29) is 17.0 Å². The summed E-state index contributed by atoms with van der Waals surface area (Å²) in [5.41, 5.74) is 0.240. The third-order valence-corrected chi connectivity index (χ3v) is 6.58. The van der Waals surface area contributed by atoms with E-state index in [0.717, 1.165) is 18.2 Å². The van der Waals surface area contributed by atoms with Gasteiger partial charge < -0.3 is 10.1 Å². The Kier molecular flexibility index (Phi) is 8.18. The summed E-state index contributed by atoms with van der Waals surface area (Å²) in [5, 5.41) is 2.40. The Morgan fingerprint density at radius 1 is 1.00 bits per heavy atom. The quantitative estimate of drug-likeness (QED) is 0.431. The Morgan fingerprint density at radius 3 is 2.34 bits per heavy atom. The van der Waals surface area contributed by atoms with Gasteiger partial charge in [-0.1, -0.05) is 36.4 Å². The second-order valence-corrected chi connectivity index (χ2v) is 9.51. The summed E-state index contributed by atoms with van der Waals surface area (Å²) in [4.78, 5) is 13.0. The molecule has 10 heteroatoms. The van der Waals surface area contributed by atoms with Gasteiger partial charge in [-0.25, -0.2) is 8.42 Å². The summed E-state index contributed by atoms with van der Waals surface area (Å²) < 4.78 is 73.2. The smallest absolute Gasteiger partial charge is 0.416 e. The van der Waals surface area contributed by atoms with E-state index in [2.05, 4.69) is 10.0 Å². The average molecular weight is 507 g/mol. The van der Waals surface area contributed by atoms with Crippen molar-refractivity contribution in [1.29, 1.82) is 0 Å². The van der Waals surface area contributed by atoms with E-state index in [9.17, 15) is 26.4 Å². The molecule has 0 aliphatic heterocycles. The van der Waals surface area contributed by atoms with Crippen LogP contribution >= 0.6 is 0 Å². The molecule has 35 heavy (non-hydrogen) atoms. The zero-order valence-electron chi connectivity index (χ0n) is 19.1. The monoisotopic (exact) mass is 506 g/mol. The molecule has 0 radical (unpaired) electrons. The number of amides is 1. The van der Waals surface area contributed by atoms with Crippen molar-refractivity contribution >= 4 is 21.6 Å². The van der Waals surface area contributed by atoms with Crippen LogP contribution in [0.2, 0.25) is 0 Å². The molecule has 0 fully saturated rings. The molecule has 3 aromatic carbocycles. The summed E-state index contributed by atoms with van der Waals surface area (Å²) in [7, 11) is -4.15. The number of benzene rings is 3. The van der Waals surface area contributed by atoms with E-state index < -0.39 is 33.7 Å². The Bertz CT molecular complexity index is 1280. The van der Waals surface area contributed by atoms with Crippen LogP contribution < -0.4 is 14.8 Å². The summed E-state index contributed by atoms with van der Waals surface area (Å²) in [6.07, 6.45) is -4.60. The van der Waals surface area contributed by atoms with Crippen LogP contribution in [0, 0.1) is 6.92 Å². The topological polar surface area (TPSA) is 84.5 Å². The van der Waals surface area contributed by atoms with E-state index in [0.29, 0.717) is 23.5 Å². The first-order valence-corrected chi connectivity index (χ1v) is 12.3. The predicted molar refractivity (Wildman–Crippen MR) is 127 cm³/mol. The van der Waals surface area contributed by atoms with Gasteiger partial charge in [0.05, 0.1) is 17.1 Å². The van der Waals surface area contributed by atoms with Gasteiger partial charge in [0.25, 0.3) is 0 Å². The number of anilines is 1. The highest BCUT2D eigenvalue weighted by atomic mass is 32.2. The summed E-state index contributed by atoms with van der Waals surface area (Å²) in [6.45, 7) is 3.93. The number of alkyl halides is 3. The van der Waals surface area contributed by atoms with Crippen molar-refractivity contribution < 1.29 is 31.1 Å². The molecule has 0 aliphatic carbocycles. The number of carbonyl (C=O) groups excluding carboxylic acids is 1. The molecule has 1 amide bonds. The first-order valence-electron chi connectivity index (χ1n) is 10.8. The van der Waals surface area contributed by atoms with Gasteiger partial charge in [0.2, 0.25) is 15.9 Å². The van der Waals surface area contributed by atoms with Crippen molar-refractivity contribution in [3.8, 4) is 5.75 Å². The van der Waals surface area contributed by atoms with Crippen LogP contribution in [-0.2, 0) is 27.4 Å². The van der Waals surface area contributed by atoms with Crippen LogP contribution in [0.4, 0.5) is 18.9 Å². The standard InChI is InChI=1S/C25H25F3N2O4S/c1-3-34-23-13-12-21(14-17(23)2)35(32,33)30-22(15-18-8-5-4-6-9-18)24(31)29-20-11-7-10-19(16-20)25(26,27)28/h4-14,16,22,30H,3,15H2,1-2H3,(H,29,31)/t22-/m0/s1. The van der Waals surface area contributed by atoms with Gasteiger partial charge in [-0.3, -0.25) is 4.79 Å². The van der Waals surface area contributed by atoms with Crippen LogP contribution in [0.1, 0.15) is 23.6 Å². The van der Waals surface area contributed by atoms with Gasteiger partial charge in [-0.05, 0) is 67.8 Å². The summed E-state index contributed by atoms with van der Waals surface area (Å²) >= 11 is 0. The molecule has 0 aliphatic rings. The maximum absolute atomic E-state index is 13.1. The van der Waals surface area contributed by atoms with E-state index in [1.807, 2.05) is 6.92 Å². The van der Waals surface area contributed by atoms with E-state index in [4.69, 9.17) is 4.74 Å². The second-order valence-electron chi connectivity index (χ2n) is 7.79. The molecule has 0 saturated heterocycles. The van der Waals surface area contributed by atoms with Crippen molar-refractivity contribution in [2.45, 2.75) is 37.4 Å². The number of halogens is 3. The van der Waals surface area contributed by atoms with Crippen LogP contribution in [0.5, 0.6) is 5.75 Å². The van der Waals surface area contributed by atoms with Gasteiger partial charge in [-0.15, -0.1) is 0 Å². The minimum atomic E-state index is -4.59. The van der Waals surface area contributed by atoms with Crippen molar-refractivity contribution in [2.75, 3.05) is 11.9 Å². The highest BCUT2D eigenvalue weighted by Gasteiger charge is 2.31. The minimum Gasteiger partial charge on any atom is -0.494 e. The molecule has 3 aromatic rings. The van der Waals surface area contributed by atoms with Gasteiger partial charge in [0.1, 0.15) is 11.8 Å². The van der Waals surface area contributed by atoms with Crippen molar-refractivity contribution in [2.24, 2.45) is 0 Å². The molecular weight excluding hydrogens is 481 g/mol. The molecule has 0 heterocycles. The van der Waals surface area contributed by atoms with Crippen molar-refractivity contribution in [3.63, 3.8) is 0 Å². The van der Waals surface area contributed by atoms with Gasteiger partial charge >= 0.3 is 6.18 Å². The summed E-state index contributed by atoms with van der Waals surface area (Å²) in [6, 6.07) is 15.9. The number of nitrogens with one attached hydrogen (secondary N) is 2. The Labute approximate surface area is 202 Å². The molecule has 0 unspecified atom stereocenters. The average Bonchev–Trinajstić information content (AvgIpc) is 2.80. The first-order chi connectivity index (χ1) is 16.5. The zero-order valence-corrected chi connectivity index (χ0v) is 19.9. The van der Waals surface area contributed by atoms with Crippen molar-refractivity contribution in [3.05, 3.63) is 89.5 Å². The number of aryl methyl sites for hydroxylation is 1. The largest absolute Gasteiger partial charge is 0.494 e. The molecular formula is C25H25F3N2O4S. The lowest BCUT2D eigenvalue weighted by Gasteiger charge is -2.20. The lowest BCUT2D eigenvalue weighted by Crippen LogP contribution is -2.45. The SMILES string of the molecule is CCOc1ccc(S(=O)(=O)N[C@@H](Cc2ccccc2)C(=O)Nc2cccc(C(F)(F)F)c2)cc1C. The number of ether oxygens (including phenoxy) is 1. The van der Waals surface area contributed by atoms with Crippen molar-refractivity contribution in [1.82, 2.24) is 4.72 Å². The molecule has 0 saturated carbocycles. The Balaban J connectivity index is 1.88. The fraction of sp³-hybridized carbons (Fsp3) is 0.240. The molecule has 2 N–H and O–H groups in total. The van der Waals surface area contributed by atoms with Gasteiger partial charge in [0, 0.05) is 5.69 Å². The number of carbonyl (C=O) groups is 1. The molecule has 6 nitrogen and oxygen atoms in total. The lowest BCUT2D eigenvalue weighted by molar-refractivity contribution is -0.137. The number of hydrogen-bond donors (Lipinski definition) is 2. The molecule has 186 valence electrons. The van der Waals surface area contributed by atoms with E-state index >= 15 is 0 Å². The molecule has 1 atom stereocenters. The Morgan fingerprint density at radius 2 is 1.71 bits per heavy atom. The molecule has 0 aromatic heterocycles. The fourth-order valence-corrected chi connectivity index (χ4v) is 4.68. The molecule has 0 spiro atoms. The molecule has 3 rings (SSSR count). The summed E-state index contributed by atoms with van der Waals surface area (Å²) in [5.74, 6) is -0.256. The number of hydrogen-bond acceptors (Lipinski definition) is 4. The third kappa shape index (κ3) is 7.06. The maximum atomic E-state index is 13.1. The third-order valence-electron chi connectivity index (χ3n) is 5.11. The number of sulfonamides is 1. The second kappa shape index (κ2) is 10.9.